The molecule has 2 amide bonds. The number of carbonyl (C=O) groups is 2. The number of nitrogens with one attached hydrogen (secondary N) is 3. The highest BCUT2D eigenvalue weighted by molar-refractivity contribution is 5.89. The van der Waals surface area contributed by atoms with Crippen molar-refractivity contribution >= 4 is 11.8 Å². The van der Waals surface area contributed by atoms with Crippen molar-refractivity contribution in [1.29, 1.82) is 0 Å². The van der Waals surface area contributed by atoms with Gasteiger partial charge >= 0.3 is 0 Å². The molecule has 0 fully saturated rings. The summed E-state index contributed by atoms with van der Waals surface area (Å²) in [4.78, 5) is 25.0. The van der Waals surface area contributed by atoms with Gasteiger partial charge < -0.3 is 21.7 Å². The minimum Gasteiger partial charge on any atom is -0.354 e. The van der Waals surface area contributed by atoms with E-state index in [1.807, 2.05) is 41.5 Å². The van der Waals surface area contributed by atoms with E-state index in [-0.39, 0.29) is 29.8 Å². The summed E-state index contributed by atoms with van der Waals surface area (Å²) < 4.78 is 0. The fourth-order valence-corrected chi connectivity index (χ4v) is 2.38. The molecule has 0 bridgehead atoms. The second-order valence-corrected chi connectivity index (χ2v) is 7.53. The number of unbranched alkanes of at least 4 members (excludes halogenated alkanes) is 1. The summed E-state index contributed by atoms with van der Waals surface area (Å²) in [6.07, 6.45) is 2.28. The van der Waals surface area contributed by atoms with Crippen LogP contribution in [0.4, 0.5) is 0 Å². The number of nitrogens with two attached hydrogens (primary N) is 1. The first-order valence-electron chi connectivity index (χ1n) is 9.23. The van der Waals surface area contributed by atoms with E-state index in [2.05, 4.69) is 16.0 Å². The van der Waals surface area contributed by atoms with Crippen LogP contribution in [0.25, 0.3) is 0 Å². The Morgan fingerprint density at radius 3 is 2.04 bits per heavy atom. The Kier molecular flexibility index (Phi) is 11.7. The number of amides is 2. The molecule has 5 N–H and O–H groups in total. The van der Waals surface area contributed by atoms with E-state index in [1.165, 1.54) is 0 Å². The Morgan fingerprint density at radius 1 is 0.958 bits per heavy atom. The number of hydrogen-bond donors (Lipinski definition) is 4. The third-order valence-corrected chi connectivity index (χ3v) is 3.73. The minimum absolute atomic E-state index is 0.110. The van der Waals surface area contributed by atoms with Crippen LogP contribution in [0.15, 0.2) is 0 Å². The Balaban J connectivity index is 4.86. The summed E-state index contributed by atoms with van der Waals surface area (Å²) >= 11 is 0. The van der Waals surface area contributed by atoms with E-state index in [1.54, 1.807) is 0 Å². The van der Waals surface area contributed by atoms with E-state index in [0.29, 0.717) is 25.4 Å². The van der Waals surface area contributed by atoms with Gasteiger partial charge in [-0.2, -0.15) is 0 Å². The van der Waals surface area contributed by atoms with Gasteiger partial charge in [0.15, 0.2) is 0 Å². The van der Waals surface area contributed by atoms with Gasteiger partial charge in [-0.3, -0.25) is 9.59 Å². The Morgan fingerprint density at radius 2 is 1.58 bits per heavy atom. The summed E-state index contributed by atoms with van der Waals surface area (Å²) in [5, 5.41) is 9.13. The lowest BCUT2D eigenvalue weighted by Crippen LogP contribution is -2.55. The normalized spacial score (nSPS) is 14.1. The van der Waals surface area contributed by atoms with Crippen molar-refractivity contribution in [2.75, 3.05) is 13.1 Å². The molecular formula is C18H38N4O2. The molecule has 142 valence electrons. The molecule has 0 rings (SSSR count). The van der Waals surface area contributed by atoms with Crippen LogP contribution in [0, 0.1) is 11.8 Å². The van der Waals surface area contributed by atoms with Gasteiger partial charge in [0, 0.05) is 12.6 Å². The molecule has 0 aliphatic heterocycles. The lowest BCUT2D eigenvalue weighted by atomic mass is 10.0. The summed E-state index contributed by atoms with van der Waals surface area (Å²) in [5.41, 5.74) is 5.54. The molecule has 0 unspecified atom stereocenters. The highest BCUT2D eigenvalue weighted by Gasteiger charge is 2.27. The van der Waals surface area contributed by atoms with Gasteiger partial charge in [0.1, 0.15) is 6.04 Å². The molecule has 6 heteroatoms. The summed E-state index contributed by atoms with van der Waals surface area (Å²) in [6.45, 7) is 13.3. The SMILES string of the molecule is CC(C)CNC(=O)[C@H](CCCCN)NC(=O)[C@@H](NC(C)C)C(C)C. The van der Waals surface area contributed by atoms with E-state index in [0.717, 1.165) is 12.8 Å². The van der Waals surface area contributed by atoms with Gasteiger partial charge in [0.25, 0.3) is 0 Å². The maximum atomic E-state index is 12.6. The van der Waals surface area contributed by atoms with Gasteiger partial charge in [-0.1, -0.05) is 41.5 Å². The first-order valence-corrected chi connectivity index (χ1v) is 9.23. The number of hydrogen-bond acceptors (Lipinski definition) is 4. The van der Waals surface area contributed by atoms with Crippen molar-refractivity contribution in [3.8, 4) is 0 Å². The van der Waals surface area contributed by atoms with Crippen LogP contribution in [0.3, 0.4) is 0 Å². The molecule has 0 heterocycles. The number of carbonyl (C=O) groups excluding carboxylic acids is 2. The van der Waals surface area contributed by atoms with E-state index in [9.17, 15) is 9.59 Å². The summed E-state index contributed by atoms with van der Waals surface area (Å²) in [7, 11) is 0. The van der Waals surface area contributed by atoms with Crippen LogP contribution >= 0.6 is 0 Å². The summed E-state index contributed by atoms with van der Waals surface area (Å²) in [5.74, 6) is 0.299. The zero-order valence-corrected chi connectivity index (χ0v) is 16.3. The molecule has 0 radical (unpaired) electrons. The fourth-order valence-electron chi connectivity index (χ4n) is 2.38. The maximum absolute atomic E-state index is 12.6. The van der Waals surface area contributed by atoms with Crippen molar-refractivity contribution in [3.05, 3.63) is 0 Å². The van der Waals surface area contributed by atoms with E-state index >= 15 is 0 Å². The zero-order chi connectivity index (χ0) is 18.7. The average Bonchev–Trinajstić information content (AvgIpc) is 2.48. The summed E-state index contributed by atoms with van der Waals surface area (Å²) in [6, 6.07) is -0.605. The predicted molar refractivity (Wildman–Crippen MR) is 99.6 cm³/mol. The van der Waals surface area contributed by atoms with E-state index < -0.39 is 6.04 Å². The van der Waals surface area contributed by atoms with Gasteiger partial charge in [0.2, 0.25) is 11.8 Å². The highest BCUT2D eigenvalue weighted by atomic mass is 16.2. The van der Waals surface area contributed by atoms with Crippen molar-refractivity contribution in [1.82, 2.24) is 16.0 Å². The van der Waals surface area contributed by atoms with Crippen molar-refractivity contribution in [3.63, 3.8) is 0 Å². The van der Waals surface area contributed by atoms with Gasteiger partial charge in [-0.25, -0.2) is 0 Å². The van der Waals surface area contributed by atoms with Crippen molar-refractivity contribution in [2.24, 2.45) is 17.6 Å². The molecule has 0 aliphatic carbocycles. The quantitative estimate of drug-likeness (QED) is 0.403. The topological polar surface area (TPSA) is 96.2 Å². The van der Waals surface area contributed by atoms with Crippen LogP contribution < -0.4 is 21.7 Å². The highest BCUT2D eigenvalue weighted by Crippen LogP contribution is 2.07. The van der Waals surface area contributed by atoms with Gasteiger partial charge in [0.05, 0.1) is 6.04 Å². The monoisotopic (exact) mass is 342 g/mol. The van der Waals surface area contributed by atoms with Crippen molar-refractivity contribution in [2.45, 2.75) is 78.9 Å². The molecule has 0 saturated carbocycles. The largest absolute Gasteiger partial charge is 0.354 e. The standard InChI is InChI=1S/C18H38N4O2/c1-12(2)11-20-17(23)15(9-7-8-10-19)22-18(24)16(13(3)4)21-14(5)6/h12-16,21H,7-11,19H2,1-6H3,(H,20,23)(H,22,24)/t15-,16-/m0/s1. The third-order valence-electron chi connectivity index (χ3n) is 3.73. The average molecular weight is 343 g/mol. The molecule has 0 aromatic rings. The second kappa shape index (κ2) is 12.3. The molecule has 2 atom stereocenters. The van der Waals surface area contributed by atoms with Gasteiger partial charge in [-0.15, -0.1) is 0 Å². The molecule has 0 aliphatic rings. The smallest absolute Gasteiger partial charge is 0.242 e. The Hall–Kier alpha value is -1.14. The minimum atomic E-state index is -0.502. The molecule has 6 nitrogen and oxygen atoms in total. The molecule has 0 spiro atoms. The van der Waals surface area contributed by atoms with Gasteiger partial charge in [-0.05, 0) is 37.6 Å². The molecule has 24 heavy (non-hydrogen) atoms. The molecule has 0 saturated heterocycles. The fraction of sp³-hybridized carbons (Fsp3) is 0.889. The Bertz CT molecular complexity index is 370. The maximum Gasteiger partial charge on any atom is 0.242 e. The first-order chi connectivity index (χ1) is 11.2. The van der Waals surface area contributed by atoms with Crippen LogP contribution in [-0.4, -0.2) is 43.0 Å². The molecular weight excluding hydrogens is 304 g/mol. The molecule has 0 aromatic heterocycles. The third kappa shape index (κ3) is 9.88. The lowest BCUT2D eigenvalue weighted by molar-refractivity contribution is -0.131. The zero-order valence-electron chi connectivity index (χ0n) is 16.3. The van der Waals surface area contributed by atoms with Crippen LogP contribution in [-0.2, 0) is 9.59 Å². The first kappa shape index (κ1) is 22.9. The lowest BCUT2D eigenvalue weighted by Gasteiger charge is -2.27. The number of rotatable bonds is 12. The predicted octanol–water partition coefficient (Wildman–Crippen LogP) is 1.40. The van der Waals surface area contributed by atoms with E-state index in [4.69, 9.17) is 5.73 Å². The van der Waals surface area contributed by atoms with Crippen LogP contribution in [0.1, 0.15) is 60.8 Å². The molecule has 0 aromatic carbocycles. The van der Waals surface area contributed by atoms with Crippen LogP contribution in [0.5, 0.6) is 0 Å². The second-order valence-electron chi connectivity index (χ2n) is 7.53. The van der Waals surface area contributed by atoms with Crippen molar-refractivity contribution < 1.29 is 9.59 Å². The van der Waals surface area contributed by atoms with Crippen LogP contribution in [0.2, 0.25) is 0 Å². The Labute approximate surface area is 147 Å².